The van der Waals surface area contributed by atoms with Gasteiger partial charge in [0.25, 0.3) is 0 Å². The Bertz CT molecular complexity index is 586. The van der Waals surface area contributed by atoms with E-state index in [1.807, 2.05) is 30.3 Å². The molecule has 0 saturated carbocycles. The van der Waals surface area contributed by atoms with Crippen LogP contribution in [0.25, 0.3) is 0 Å². The number of halogens is 2. The molecular weight excluding hydrogens is 293 g/mol. The van der Waals surface area contributed by atoms with Gasteiger partial charge in [-0.15, -0.1) is 0 Å². The quantitative estimate of drug-likeness (QED) is 0.822. The van der Waals surface area contributed by atoms with Gasteiger partial charge in [0.15, 0.2) is 0 Å². The van der Waals surface area contributed by atoms with Crippen LogP contribution in [0.3, 0.4) is 0 Å². The lowest BCUT2D eigenvalue weighted by Gasteiger charge is -2.13. The molecule has 0 aliphatic rings. The highest BCUT2D eigenvalue weighted by atomic mass is 35.5. The maximum absolute atomic E-state index is 14.1. The summed E-state index contributed by atoms with van der Waals surface area (Å²) in [6.07, 6.45) is 0. The fourth-order valence-electron chi connectivity index (χ4n) is 1.76. The van der Waals surface area contributed by atoms with Crippen LogP contribution in [0, 0.1) is 5.82 Å². The molecule has 2 aromatic carbocycles. The molecule has 20 heavy (non-hydrogen) atoms. The number of benzene rings is 2. The highest BCUT2D eigenvalue weighted by Crippen LogP contribution is 2.36. The van der Waals surface area contributed by atoms with Gasteiger partial charge in [0.05, 0.1) is 9.92 Å². The van der Waals surface area contributed by atoms with Crippen molar-refractivity contribution in [3.63, 3.8) is 0 Å². The molecule has 0 heterocycles. The van der Waals surface area contributed by atoms with Crippen molar-refractivity contribution in [1.82, 2.24) is 5.32 Å². The first-order valence-corrected chi connectivity index (χ1v) is 7.70. The monoisotopic (exact) mass is 309 g/mol. The molecule has 4 heteroatoms. The average molecular weight is 310 g/mol. The van der Waals surface area contributed by atoms with Crippen LogP contribution in [-0.2, 0) is 6.54 Å². The molecule has 0 radical (unpaired) electrons. The second-order valence-electron chi connectivity index (χ2n) is 4.80. The van der Waals surface area contributed by atoms with Crippen LogP contribution in [0.4, 0.5) is 4.39 Å². The Labute approximate surface area is 128 Å². The van der Waals surface area contributed by atoms with Gasteiger partial charge in [-0.1, -0.05) is 61.5 Å². The van der Waals surface area contributed by atoms with Crippen LogP contribution in [-0.4, -0.2) is 6.04 Å². The van der Waals surface area contributed by atoms with Crippen LogP contribution >= 0.6 is 23.4 Å². The molecular formula is C16H17ClFNS. The zero-order valence-corrected chi connectivity index (χ0v) is 13.1. The van der Waals surface area contributed by atoms with Crippen LogP contribution in [0.5, 0.6) is 0 Å². The minimum atomic E-state index is -0.210. The zero-order valence-electron chi connectivity index (χ0n) is 11.5. The summed E-state index contributed by atoms with van der Waals surface area (Å²) in [6.45, 7) is 4.78. The summed E-state index contributed by atoms with van der Waals surface area (Å²) in [5.74, 6) is -0.210. The van der Waals surface area contributed by atoms with Crippen molar-refractivity contribution in [2.45, 2.75) is 36.2 Å². The molecule has 0 unspecified atom stereocenters. The topological polar surface area (TPSA) is 12.0 Å². The van der Waals surface area contributed by atoms with Crippen molar-refractivity contribution >= 4 is 23.4 Å². The van der Waals surface area contributed by atoms with E-state index in [2.05, 4.69) is 19.2 Å². The van der Waals surface area contributed by atoms with Crippen molar-refractivity contribution in [3.8, 4) is 0 Å². The van der Waals surface area contributed by atoms with Crippen LogP contribution in [0.15, 0.2) is 52.3 Å². The highest BCUT2D eigenvalue weighted by molar-refractivity contribution is 7.99. The van der Waals surface area contributed by atoms with Gasteiger partial charge >= 0.3 is 0 Å². The fraction of sp³-hybridized carbons (Fsp3) is 0.250. The first-order valence-electron chi connectivity index (χ1n) is 6.51. The van der Waals surface area contributed by atoms with E-state index < -0.39 is 0 Å². The van der Waals surface area contributed by atoms with Gasteiger partial charge in [0.1, 0.15) is 5.82 Å². The molecule has 0 fully saturated rings. The Kier molecular flexibility index (Phi) is 5.46. The maximum atomic E-state index is 14.1. The summed E-state index contributed by atoms with van der Waals surface area (Å²) >= 11 is 7.52. The van der Waals surface area contributed by atoms with E-state index in [0.717, 1.165) is 10.5 Å². The third-order valence-electron chi connectivity index (χ3n) is 2.80. The third-order valence-corrected chi connectivity index (χ3v) is 4.48. The van der Waals surface area contributed by atoms with Crippen LogP contribution < -0.4 is 5.32 Å². The number of rotatable bonds is 5. The fourth-order valence-corrected chi connectivity index (χ4v) is 2.98. The first kappa shape index (κ1) is 15.4. The molecule has 0 spiro atoms. The summed E-state index contributed by atoms with van der Waals surface area (Å²) in [7, 11) is 0. The molecule has 0 atom stereocenters. The van der Waals surface area contributed by atoms with Crippen molar-refractivity contribution in [3.05, 3.63) is 58.9 Å². The lowest BCUT2D eigenvalue weighted by Crippen LogP contribution is -2.22. The summed E-state index contributed by atoms with van der Waals surface area (Å²) in [5.41, 5.74) is 0.948. The molecule has 0 aliphatic carbocycles. The SMILES string of the molecule is CC(C)NCc1cccc(F)c1Sc1ccccc1Cl. The predicted molar refractivity (Wildman–Crippen MR) is 84.0 cm³/mol. The number of hydrogen-bond acceptors (Lipinski definition) is 2. The van der Waals surface area contributed by atoms with Gasteiger partial charge in [0, 0.05) is 17.5 Å². The Morgan fingerprint density at radius 1 is 1.15 bits per heavy atom. The molecule has 0 amide bonds. The number of hydrogen-bond donors (Lipinski definition) is 1. The van der Waals surface area contributed by atoms with Gasteiger partial charge in [-0.05, 0) is 23.8 Å². The Morgan fingerprint density at radius 3 is 2.60 bits per heavy atom. The van der Waals surface area contributed by atoms with E-state index in [1.165, 1.54) is 17.8 Å². The maximum Gasteiger partial charge on any atom is 0.137 e. The third kappa shape index (κ3) is 3.98. The van der Waals surface area contributed by atoms with Crippen molar-refractivity contribution in [2.75, 3.05) is 0 Å². The molecule has 2 rings (SSSR count). The van der Waals surface area contributed by atoms with E-state index in [9.17, 15) is 4.39 Å². The second kappa shape index (κ2) is 7.11. The van der Waals surface area contributed by atoms with Gasteiger partial charge in [-0.3, -0.25) is 0 Å². The van der Waals surface area contributed by atoms with E-state index in [4.69, 9.17) is 11.6 Å². The number of nitrogens with one attached hydrogen (secondary N) is 1. The average Bonchev–Trinajstić information content (AvgIpc) is 2.41. The van der Waals surface area contributed by atoms with E-state index in [-0.39, 0.29) is 5.82 Å². The lowest BCUT2D eigenvalue weighted by atomic mass is 10.2. The normalized spacial score (nSPS) is 11.1. The van der Waals surface area contributed by atoms with Crippen LogP contribution in [0.2, 0.25) is 5.02 Å². The van der Waals surface area contributed by atoms with Gasteiger partial charge < -0.3 is 5.32 Å². The minimum Gasteiger partial charge on any atom is -0.310 e. The highest BCUT2D eigenvalue weighted by Gasteiger charge is 2.12. The lowest BCUT2D eigenvalue weighted by molar-refractivity contribution is 0.564. The molecule has 106 valence electrons. The molecule has 2 aromatic rings. The standard InChI is InChI=1S/C16H17ClFNS/c1-11(2)19-10-12-6-5-8-14(18)16(12)20-15-9-4-3-7-13(15)17/h3-9,11,19H,10H2,1-2H3. The summed E-state index contributed by atoms with van der Waals surface area (Å²) in [6, 6.07) is 13.0. The summed E-state index contributed by atoms with van der Waals surface area (Å²) in [5, 5.41) is 3.96. The first-order chi connectivity index (χ1) is 9.58. The Balaban J connectivity index is 2.28. The smallest absolute Gasteiger partial charge is 0.137 e. The molecule has 1 N–H and O–H groups in total. The Hall–Kier alpha value is -1.03. The summed E-state index contributed by atoms with van der Waals surface area (Å²) < 4.78 is 14.1. The van der Waals surface area contributed by atoms with E-state index in [1.54, 1.807) is 6.07 Å². The van der Waals surface area contributed by atoms with Crippen LogP contribution in [0.1, 0.15) is 19.4 Å². The predicted octanol–water partition coefficient (Wildman–Crippen LogP) is 5.13. The zero-order chi connectivity index (χ0) is 14.5. The molecule has 1 nitrogen and oxygen atoms in total. The van der Waals surface area contributed by atoms with Gasteiger partial charge in [0.2, 0.25) is 0 Å². The van der Waals surface area contributed by atoms with Crippen molar-refractivity contribution in [1.29, 1.82) is 0 Å². The van der Waals surface area contributed by atoms with Gasteiger partial charge in [-0.2, -0.15) is 0 Å². The minimum absolute atomic E-state index is 0.210. The second-order valence-corrected chi connectivity index (χ2v) is 6.26. The van der Waals surface area contributed by atoms with Gasteiger partial charge in [-0.25, -0.2) is 4.39 Å². The molecule has 0 bridgehead atoms. The molecule has 0 aromatic heterocycles. The van der Waals surface area contributed by atoms with E-state index >= 15 is 0 Å². The summed E-state index contributed by atoms with van der Waals surface area (Å²) in [4.78, 5) is 1.50. The molecule has 0 saturated heterocycles. The largest absolute Gasteiger partial charge is 0.310 e. The Morgan fingerprint density at radius 2 is 1.90 bits per heavy atom. The van der Waals surface area contributed by atoms with Crippen molar-refractivity contribution < 1.29 is 4.39 Å². The molecule has 0 aliphatic heterocycles. The van der Waals surface area contributed by atoms with E-state index in [0.29, 0.717) is 22.5 Å². The van der Waals surface area contributed by atoms with Crippen molar-refractivity contribution in [2.24, 2.45) is 0 Å².